The average Bonchev–Trinajstić information content (AvgIpc) is 3.07. The molecule has 3 amide bonds. The number of hydrogen-bond acceptors (Lipinski definition) is 7. The van der Waals surface area contributed by atoms with Crippen molar-refractivity contribution in [3.8, 4) is 5.75 Å². The van der Waals surface area contributed by atoms with Gasteiger partial charge >= 0.3 is 12.1 Å². The molecule has 252 valence electrons. The number of amides is 3. The highest BCUT2D eigenvalue weighted by Gasteiger charge is 2.30. The molecule has 11 nitrogen and oxygen atoms in total. The van der Waals surface area contributed by atoms with Crippen molar-refractivity contribution in [2.45, 2.75) is 64.3 Å². The largest absolute Gasteiger partial charge is 0.497 e. The number of rotatable bonds is 19. The van der Waals surface area contributed by atoms with Crippen molar-refractivity contribution in [3.05, 3.63) is 102 Å². The highest BCUT2D eigenvalue weighted by molar-refractivity contribution is 5.90. The summed E-state index contributed by atoms with van der Waals surface area (Å²) < 4.78 is 10.4. The molecule has 0 bridgehead atoms. The Morgan fingerprint density at radius 3 is 1.96 bits per heavy atom. The number of hydrogen-bond donors (Lipinski definition) is 5. The normalized spacial score (nSPS) is 12.8. The molecule has 0 aliphatic rings. The summed E-state index contributed by atoms with van der Waals surface area (Å²) in [5.41, 5.74) is 2.71. The molecular formula is C36H46N4O7. The number of nitrogens with one attached hydrogen (secondary N) is 4. The van der Waals surface area contributed by atoms with Gasteiger partial charge in [-0.2, -0.15) is 0 Å². The SMILES string of the molecule is COc1ccc(C[C@H](NC(=O)[C@H](CC(C)C)N[C@H](CCNC(=O)OCc2ccccc2)C(=O)O)C(=O)NCCc2ccccc2)cc1. The van der Waals surface area contributed by atoms with Crippen LogP contribution in [0.5, 0.6) is 5.75 Å². The summed E-state index contributed by atoms with van der Waals surface area (Å²) in [6.07, 6.45) is 0.508. The van der Waals surface area contributed by atoms with Gasteiger partial charge in [0.2, 0.25) is 11.8 Å². The molecule has 3 rings (SSSR count). The first-order valence-electron chi connectivity index (χ1n) is 15.8. The number of carbonyl (C=O) groups is 4. The molecule has 0 aromatic heterocycles. The van der Waals surface area contributed by atoms with E-state index in [0.717, 1.165) is 16.7 Å². The Bertz CT molecular complexity index is 1400. The number of carboxylic acids is 1. The lowest BCUT2D eigenvalue weighted by Gasteiger charge is -2.27. The van der Waals surface area contributed by atoms with Gasteiger partial charge < -0.3 is 30.5 Å². The Kier molecular flexibility index (Phi) is 15.2. The molecule has 3 aromatic carbocycles. The quantitative estimate of drug-likeness (QED) is 0.132. The van der Waals surface area contributed by atoms with Gasteiger partial charge in [0, 0.05) is 19.5 Å². The van der Waals surface area contributed by atoms with Crippen molar-refractivity contribution in [1.29, 1.82) is 0 Å². The van der Waals surface area contributed by atoms with Crippen LogP contribution in [0.3, 0.4) is 0 Å². The van der Waals surface area contributed by atoms with E-state index in [-0.39, 0.29) is 37.8 Å². The molecule has 5 N–H and O–H groups in total. The van der Waals surface area contributed by atoms with Crippen LogP contribution in [-0.4, -0.2) is 67.3 Å². The van der Waals surface area contributed by atoms with E-state index in [4.69, 9.17) is 9.47 Å². The maximum atomic E-state index is 13.7. The summed E-state index contributed by atoms with van der Waals surface area (Å²) in [5.74, 6) is -1.29. The molecule has 0 fully saturated rings. The van der Waals surface area contributed by atoms with Crippen LogP contribution in [0.25, 0.3) is 0 Å². The molecule has 47 heavy (non-hydrogen) atoms. The van der Waals surface area contributed by atoms with Crippen molar-refractivity contribution in [1.82, 2.24) is 21.3 Å². The van der Waals surface area contributed by atoms with Crippen LogP contribution in [-0.2, 0) is 38.6 Å². The lowest BCUT2D eigenvalue weighted by molar-refractivity contribution is -0.140. The minimum absolute atomic E-state index is 0.00684. The van der Waals surface area contributed by atoms with Gasteiger partial charge in [-0.15, -0.1) is 0 Å². The standard InChI is InChI=1S/C36H46N4O7/c1-25(2)22-31(39-30(35(43)44)19-21-38-36(45)47-24-28-12-8-5-9-13-28)34(42)40-32(23-27-14-16-29(46-3)17-15-27)33(41)37-20-18-26-10-6-4-7-11-26/h4-17,25,30-32,39H,18-24H2,1-3H3,(H,37,41)(H,38,45)(H,40,42)(H,43,44)/t30-,31+,32+/m1/s1. The van der Waals surface area contributed by atoms with E-state index < -0.39 is 36.1 Å². The number of methoxy groups -OCH3 is 1. The number of ether oxygens (including phenoxy) is 2. The van der Waals surface area contributed by atoms with Crippen LogP contribution in [0.15, 0.2) is 84.9 Å². The van der Waals surface area contributed by atoms with E-state index in [2.05, 4.69) is 21.3 Å². The molecule has 0 saturated heterocycles. The van der Waals surface area contributed by atoms with Crippen LogP contribution in [0, 0.1) is 5.92 Å². The number of carbonyl (C=O) groups excluding carboxylic acids is 3. The Morgan fingerprint density at radius 1 is 0.723 bits per heavy atom. The monoisotopic (exact) mass is 646 g/mol. The second kappa shape index (κ2) is 19.6. The molecule has 0 heterocycles. The Hall–Kier alpha value is -4.90. The van der Waals surface area contributed by atoms with Crippen molar-refractivity contribution < 1.29 is 33.8 Å². The number of aliphatic carboxylic acids is 1. The maximum absolute atomic E-state index is 13.7. The summed E-state index contributed by atoms with van der Waals surface area (Å²) in [7, 11) is 1.57. The summed E-state index contributed by atoms with van der Waals surface area (Å²) in [6.45, 7) is 4.33. The van der Waals surface area contributed by atoms with Crippen LogP contribution in [0.4, 0.5) is 4.79 Å². The summed E-state index contributed by atoms with van der Waals surface area (Å²) in [6, 6.07) is 23.2. The molecule has 0 saturated carbocycles. The highest BCUT2D eigenvalue weighted by Crippen LogP contribution is 2.14. The molecule has 11 heteroatoms. The van der Waals surface area contributed by atoms with E-state index in [1.54, 1.807) is 19.2 Å². The summed E-state index contributed by atoms with van der Waals surface area (Å²) in [4.78, 5) is 51.4. The lowest BCUT2D eigenvalue weighted by atomic mass is 9.99. The predicted octanol–water partition coefficient (Wildman–Crippen LogP) is 3.86. The highest BCUT2D eigenvalue weighted by atomic mass is 16.5. The minimum Gasteiger partial charge on any atom is -0.497 e. The van der Waals surface area contributed by atoms with Crippen LogP contribution < -0.4 is 26.0 Å². The van der Waals surface area contributed by atoms with E-state index in [1.165, 1.54) is 0 Å². The van der Waals surface area contributed by atoms with Gasteiger partial charge in [-0.05, 0) is 54.0 Å². The topological polar surface area (TPSA) is 155 Å². The van der Waals surface area contributed by atoms with Crippen molar-refractivity contribution in [3.63, 3.8) is 0 Å². The van der Waals surface area contributed by atoms with Gasteiger partial charge in [-0.25, -0.2) is 4.79 Å². The summed E-state index contributed by atoms with van der Waals surface area (Å²) >= 11 is 0. The maximum Gasteiger partial charge on any atom is 0.407 e. The molecule has 3 atom stereocenters. The molecular weight excluding hydrogens is 600 g/mol. The van der Waals surface area contributed by atoms with Crippen molar-refractivity contribution in [2.24, 2.45) is 5.92 Å². The van der Waals surface area contributed by atoms with Crippen LogP contribution in [0.2, 0.25) is 0 Å². The fraction of sp³-hybridized carbons (Fsp3) is 0.389. The lowest BCUT2D eigenvalue weighted by Crippen LogP contribution is -2.56. The number of alkyl carbamates (subject to hydrolysis) is 1. The van der Waals surface area contributed by atoms with Gasteiger partial charge in [0.15, 0.2) is 0 Å². The molecule has 0 aliphatic heterocycles. The first-order chi connectivity index (χ1) is 22.6. The third kappa shape index (κ3) is 13.5. The number of benzene rings is 3. The van der Waals surface area contributed by atoms with Gasteiger partial charge in [0.1, 0.15) is 24.4 Å². The molecule has 0 aliphatic carbocycles. The first-order valence-corrected chi connectivity index (χ1v) is 15.8. The zero-order chi connectivity index (χ0) is 34.0. The van der Waals surface area contributed by atoms with E-state index in [9.17, 15) is 24.3 Å². The smallest absolute Gasteiger partial charge is 0.407 e. The Labute approximate surface area is 276 Å². The Morgan fingerprint density at radius 2 is 1.36 bits per heavy atom. The third-order valence-corrected chi connectivity index (χ3v) is 7.43. The second-order valence-electron chi connectivity index (χ2n) is 11.7. The van der Waals surface area contributed by atoms with Crippen molar-refractivity contribution in [2.75, 3.05) is 20.2 Å². The fourth-order valence-electron chi connectivity index (χ4n) is 4.91. The second-order valence-corrected chi connectivity index (χ2v) is 11.7. The summed E-state index contributed by atoms with van der Waals surface area (Å²) in [5, 5.41) is 21.3. The van der Waals surface area contributed by atoms with Gasteiger partial charge in [-0.3, -0.25) is 19.7 Å². The van der Waals surface area contributed by atoms with E-state index in [0.29, 0.717) is 25.1 Å². The van der Waals surface area contributed by atoms with Gasteiger partial charge in [0.25, 0.3) is 0 Å². The van der Waals surface area contributed by atoms with Gasteiger partial charge in [-0.1, -0.05) is 86.6 Å². The zero-order valence-corrected chi connectivity index (χ0v) is 27.2. The fourth-order valence-corrected chi connectivity index (χ4v) is 4.91. The predicted molar refractivity (Wildman–Crippen MR) is 179 cm³/mol. The molecule has 0 spiro atoms. The third-order valence-electron chi connectivity index (χ3n) is 7.43. The van der Waals surface area contributed by atoms with Gasteiger partial charge in [0.05, 0.1) is 13.2 Å². The van der Waals surface area contributed by atoms with E-state index >= 15 is 0 Å². The molecule has 3 aromatic rings. The minimum atomic E-state index is -1.17. The van der Waals surface area contributed by atoms with Crippen molar-refractivity contribution >= 4 is 23.9 Å². The molecule has 0 radical (unpaired) electrons. The average molecular weight is 647 g/mol. The number of carboxylic acid groups (broad SMARTS) is 1. The van der Waals surface area contributed by atoms with Crippen LogP contribution in [0.1, 0.15) is 43.4 Å². The van der Waals surface area contributed by atoms with E-state index in [1.807, 2.05) is 86.6 Å². The zero-order valence-electron chi connectivity index (χ0n) is 27.2. The van der Waals surface area contributed by atoms with Crippen LogP contribution >= 0.6 is 0 Å². The molecule has 0 unspecified atom stereocenters. The first kappa shape index (κ1) is 36.6. The Balaban J connectivity index is 1.64.